The molecule has 31 heavy (non-hydrogen) atoms. The summed E-state index contributed by atoms with van der Waals surface area (Å²) < 4.78 is 18.5. The van der Waals surface area contributed by atoms with Crippen molar-refractivity contribution in [1.29, 1.82) is 0 Å². The minimum Gasteiger partial charge on any atom is -0.342 e. The van der Waals surface area contributed by atoms with Crippen LogP contribution < -0.4 is 10.1 Å². The van der Waals surface area contributed by atoms with Gasteiger partial charge in [0.25, 0.3) is 5.56 Å². The molecular weight excluding hydrogens is 409 g/mol. The Kier molecular flexibility index (Phi) is 4.01. The van der Waals surface area contributed by atoms with E-state index in [2.05, 4.69) is 4.98 Å². The van der Waals surface area contributed by atoms with Gasteiger partial charge in [-0.1, -0.05) is 59.9 Å². The van der Waals surface area contributed by atoms with Crippen molar-refractivity contribution in [1.82, 2.24) is 14.0 Å². The van der Waals surface area contributed by atoms with Gasteiger partial charge in [-0.3, -0.25) is 4.79 Å². The summed E-state index contributed by atoms with van der Waals surface area (Å²) in [5.41, 5.74) is 4.12. The summed E-state index contributed by atoms with van der Waals surface area (Å²) in [6.45, 7) is 0.420. The van der Waals surface area contributed by atoms with Crippen molar-refractivity contribution >= 4 is 44.3 Å². The third-order valence-electron chi connectivity index (χ3n) is 5.55. The van der Waals surface area contributed by atoms with Crippen LogP contribution in [0.1, 0.15) is 11.1 Å². The Balaban J connectivity index is 1.54. The highest BCUT2D eigenvalue weighted by atomic mass is 32.1. The highest BCUT2D eigenvalue weighted by molar-refractivity contribution is 7.15. The number of hydrogen-bond donors (Lipinski definition) is 0. The van der Waals surface area contributed by atoms with Crippen LogP contribution in [-0.2, 0) is 6.54 Å². The van der Waals surface area contributed by atoms with Crippen LogP contribution in [0.15, 0.2) is 83.8 Å². The van der Waals surface area contributed by atoms with E-state index in [0.29, 0.717) is 21.6 Å². The number of imidazole rings is 1. The third kappa shape index (κ3) is 2.87. The Bertz CT molecular complexity index is 1710. The van der Waals surface area contributed by atoms with Crippen LogP contribution in [0, 0.1) is 5.82 Å². The predicted molar refractivity (Wildman–Crippen MR) is 123 cm³/mol. The smallest absolute Gasteiger partial charge is 0.274 e. The number of fused-ring (bicyclic) bond motifs is 4. The Hall–Kier alpha value is -3.77. The maximum absolute atomic E-state index is 14.2. The summed E-state index contributed by atoms with van der Waals surface area (Å²) in [6.07, 6.45) is 3.90. The number of thiazole rings is 1. The first-order chi connectivity index (χ1) is 15.2. The normalized spacial score (nSPS) is 12.5. The number of hydrogen-bond acceptors (Lipinski definition) is 3. The highest BCUT2D eigenvalue weighted by Gasteiger charge is 2.13. The zero-order chi connectivity index (χ0) is 20.9. The molecule has 3 aromatic carbocycles. The molecule has 0 N–H and O–H groups in total. The largest absolute Gasteiger partial charge is 0.342 e. The molecule has 0 aliphatic heterocycles. The lowest BCUT2D eigenvalue weighted by molar-refractivity contribution is 0.602. The number of aromatic nitrogens is 3. The Morgan fingerprint density at radius 1 is 0.935 bits per heavy atom. The monoisotopic (exact) mass is 425 g/mol. The van der Waals surface area contributed by atoms with Gasteiger partial charge in [0.1, 0.15) is 5.82 Å². The van der Waals surface area contributed by atoms with Crippen molar-refractivity contribution in [3.05, 3.63) is 111 Å². The lowest BCUT2D eigenvalue weighted by Gasteiger charge is -2.06. The molecule has 6 heteroatoms. The number of para-hydroxylation sites is 3. The first-order valence-corrected chi connectivity index (χ1v) is 10.7. The van der Waals surface area contributed by atoms with Gasteiger partial charge in [-0.05, 0) is 30.3 Å². The minimum absolute atomic E-state index is 0.0698. The highest BCUT2D eigenvalue weighted by Crippen LogP contribution is 2.24. The molecule has 0 unspecified atom stereocenters. The second-order valence-electron chi connectivity index (χ2n) is 7.46. The van der Waals surface area contributed by atoms with Gasteiger partial charge in [-0.15, -0.1) is 0 Å². The first-order valence-electron chi connectivity index (χ1n) is 9.92. The zero-order valence-electron chi connectivity index (χ0n) is 16.3. The second-order valence-corrected chi connectivity index (χ2v) is 8.46. The van der Waals surface area contributed by atoms with Gasteiger partial charge in [-0.25, -0.2) is 13.8 Å². The lowest BCUT2D eigenvalue weighted by atomic mass is 10.2. The van der Waals surface area contributed by atoms with Crippen LogP contribution in [0.3, 0.4) is 0 Å². The number of nitrogens with zero attached hydrogens (tertiary/aromatic N) is 3. The van der Waals surface area contributed by atoms with Crippen LogP contribution >= 0.6 is 11.3 Å². The van der Waals surface area contributed by atoms with Crippen LogP contribution in [-0.4, -0.2) is 14.0 Å². The maximum Gasteiger partial charge on any atom is 0.274 e. The summed E-state index contributed by atoms with van der Waals surface area (Å²) in [4.78, 5) is 18.4. The van der Waals surface area contributed by atoms with E-state index >= 15 is 0 Å². The van der Waals surface area contributed by atoms with E-state index in [9.17, 15) is 9.18 Å². The van der Waals surface area contributed by atoms with E-state index in [0.717, 1.165) is 27.5 Å². The van der Waals surface area contributed by atoms with E-state index < -0.39 is 0 Å². The van der Waals surface area contributed by atoms with Gasteiger partial charge < -0.3 is 4.57 Å². The summed E-state index contributed by atoms with van der Waals surface area (Å²) in [6, 6.07) is 22.4. The molecule has 0 saturated heterocycles. The minimum atomic E-state index is -0.223. The molecule has 0 bridgehead atoms. The van der Waals surface area contributed by atoms with E-state index in [-0.39, 0.29) is 11.4 Å². The number of rotatable bonds is 3. The van der Waals surface area contributed by atoms with Gasteiger partial charge in [-0.2, -0.15) is 0 Å². The molecule has 6 aromatic rings. The van der Waals surface area contributed by atoms with Crippen LogP contribution in [0.25, 0.3) is 33.0 Å². The molecule has 6 rings (SSSR count). The molecular formula is C25H16FN3OS. The molecule has 3 aromatic heterocycles. The Labute approximate surface area is 180 Å². The SMILES string of the molecule is O=c1/c(=C/c2cn(Cc3ccccc3F)c3ccccc23)sc2nc3ccccc3n12. The van der Waals surface area contributed by atoms with Crippen molar-refractivity contribution < 1.29 is 4.39 Å². The van der Waals surface area contributed by atoms with Gasteiger partial charge in [0.05, 0.1) is 22.1 Å². The van der Waals surface area contributed by atoms with Gasteiger partial charge >= 0.3 is 0 Å². The van der Waals surface area contributed by atoms with Crippen molar-refractivity contribution in [3.8, 4) is 0 Å². The summed E-state index contributed by atoms with van der Waals surface area (Å²) >= 11 is 1.38. The second kappa shape index (κ2) is 6.89. The van der Waals surface area contributed by atoms with Gasteiger partial charge in [0.2, 0.25) is 0 Å². The zero-order valence-corrected chi connectivity index (χ0v) is 17.1. The first kappa shape index (κ1) is 18.0. The fourth-order valence-electron chi connectivity index (χ4n) is 4.08. The van der Waals surface area contributed by atoms with E-state index in [1.54, 1.807) is 16.5 Å². The average Bonchev–Trinajstić information content (AvgIpc) is 3.42. The summed E-state index contributed by atoms with van der Waals surface area (Å²) in [5, 5.41) is 1.02. The molecule has 3 heterocycles. The van der Waals surface area contributed by atoms with E-state index in [1.807, 2.05) is 71.4 Å². The van der Waals surface area contributed by atoms with Crippen LogP contribution in [0.4, 0.5) is 4.39 Å². The number of halogens is 1. The van der Waals surface area contributed by atoms with Crippen molar-refractivity contribution in [3.63, 3.8) is 0 Å². The lowest BCUT2D eigenvalue weighted by Crippen LogP contribution is -2.22. The molecule has 0 atom stereocenters. The summed E-state index contributed by atoms with van der Waals surface area (Å²) in [7, 11) is 0. The molecule has 0 radical (unpaired) electrons. The maximum atomic E-state index is 14.2. The van der Waals surface area contributed by atoms with Crippen LogP contribution in [0.2, 0.25) is 0 Å². The number of benzene rings is 3. The average molecular weight is 425 g/mol. The van der Waals surface area contributed by atoms with Gasteiger partial charge in [0, 0.05) is 28.2 Å². The molecule has 0 amide bonds. The quantitative estimate of drug-likeness (QED) is 0.416. The van der Waals surface area contributed by atoms with E-state index in [1.165, 1.54) is 17.4 Å². The van der Waals surface area contributed by atoms with Gasteiger partial charge in [0.15, 0.2) is 4.96 Å². The molecule has 0 fully saturated rings. The Morgan fingerprint density at radius 3 is 2.55 bits per heavy atom. The Morgan fingerprint density at radius 2 is 1.68 bits per heavy atom. The molecule has 4 nitrogen and oxygen atoms in total. The van der Waals surface area contributed by atoms with Crippen molar-refractivity contribution in [2.75, 3.05) is 0 Å². The van der Waals surface area contributed by atoms with Crippen molar-refractivity contribution in [2.24, 2.45) is 0 Å². The summed E-state index contributed by atoms with van der Waals surface area (Å²) in [5.74, 6) is -0.223. The third-order valence-corrected chi connectivity index (χ3v) is 6.52. The molecule has 0 aliphatic rings. The van der Waals surface area contributed by atoms with E-state index in [4.69, 9.17) is 0 Å². The molecule has 0 spiro atoms. The fraction of sp³-hybridized carbons (Fsp3) is 0.0400. The molecule has 0 aliphatic carbocycles. The predicted octanol–water partition coefficient (Wildman–Crippen LogP) is 4.60. The fourth-order valence-corrected chi connectivity index (χ4v) is 5.06. The standard InChI is InChI=1S/C25H16FN3OS/c26-19-9-3-1-7-16(19)14-28-15-17(18-8-2-5-11-21(18)28)13-23-24(30)29-22-12-6-4-10-20(22)27-25(29)31-23/h1-13,15H,14H2/b23-13-. The topological polar surface area (TPSA) is 39.3 Å². The molecule has 0 saturated carbocycles. The van der Waals surface area contributed by atoms with Crippen LogP contribution in [0.5, 0.6) is 0 Å². The molecule has 150 valence electrons. The van der Waals surface area contributed by atoms with Crippen molar-refractivity contribution in [2.45, 2.75) is 6.54 Å².